The summed E-state index contributed by atoms with van der Waals surface area (Å²) in [5, 5.41) is 4.70. The molecule has 1 N–H and O–H groups in total. The quantitative estimate of drug-likeness (QED) is 0.534. The molecule has 0 radical (unpaired) electrons. The van der Waals surface area contributed by atoms with Crippen molar-refractivity contribution in [3.05, 3.63) is 66.0 Å². The predicted octanol–water partition coefficient (Wildman–Crippen LogP) is 4.92. The summed E-state index contributed by atoms with van der Waals surface area (Å²) in [4.78, 5) is 12.5. The minimum absolute atomic E-state index is 0.0161. The van der Waals surface area contributed by atoms with Crippen LogP contribution in [0.3, 0.4) is 0 Å². The number of amides is 1. The molecular formula is C22H18FNO4. The molecule has 6 heteroatoms. The summed E-state index contributed by atoms with van der Waals surface area (Å²) in [5.41, 5.74) is 2.44. The number of anilines is 1. The number of rotatable bonds is 5. The Bertz CT molecular complexity index is 1180. The van der Waals surface area contributed by atoms with Crippen LogP contribution in [0.25, 0.3) is 21.9 Å². The van der Waals surface area contributed by atoms with Crippen molar-refractivity contribution < 1.29 is 23.1 Å². The highest BCUT2D eigenvalue weighted by Gasteiger charge is 2.15. The lowest BCUT2D eigenvalue weighted by Crippen LogP contribution is -2.15. The molecule has 5 nitrogen and oxygen atoms in total. The van der Waals surface area contributed by atoms with E-state index >= 15 is 0 Å². The first-order chi connectivity index (χ1) is 13.6. The van der Waals surface area contributed by atoms with Gasteiger partial charge in [0.05, 0.1) is 26.3 Å². The van der Waals surface area contributed by atoms with Crippen LogP contribution in [0.1, 0.15) is 5.56 Å². The summed E-state index contributed by atoms with van der Waals surface area (Å²) in [5.74, 6) is -0.137. The van der Waals surface area contributed by atoms with Crippen molar-refractivity contribution >= 4 is 33.5 Å². The average Bonchev–Trinajstić information content (AvgIpc) is 3.04. The van der Waals surface area contributed by atoms with Crippen molar-refractivity contribution in [1.29, 1.82) is 0 Å². The minimum atomic E-state index is -0.505. The van der Waals surface area contributed by atoms with Crippen molar-refractivity contribution in [2.24, 2.45) is 0 Å². The van der Waals surface area contributed by atoms with Gasteiger partial charge in [0.25, 0.3) is 0 Å². The standard InChI is InChI=1S/C22H18FNO4/c1-26-19-8-7-13(9-16(19)23)10-22(25)24-17-12-20-15(11-21(17)27-2)14-5-3-4-6-18(14)28-20/h3-9,11-12H,10H2,1-2H3,(H,24,25). The van der Waals surface area contributed by atoms with Crippen molar-refractivity contribution in [2.75, 3.05) is 19.5 Å². The van der Waals surface area contributed by atoms with Gasteiger partial charge in [0.2, 0.25) is 5.91 Å². The Morgan fingerprint density at radius 2 is 1.75 bits per heavy atom. The topological polar surface area (TPSA) is 60.7 Å². The normalized spacial score (nSPS) is 11.0. The summed E-state index contributed by atoms with van der Waals surface area (Å²) in [7, 11) is 2.93. The number of para-hydroxylation sites is 1. The van der Waals surface area contributed by atoms with E-state index in [-0.39, 0.29) is 18.1 Å². The summed E-state index contributed by atoms with van der Waals surface area (Å²) in [6, 6.07) is 15.7. The number of carbonyl (C=O) groups excluding carboxylic acids is 1. The second-order valence-electron chi connectivity index (χ2n) is 6.34. The maximum atomic E-state index is 13.8. The number of hydrogen-bond acceptors (Lipinski definition) is 4. The van der Waals surface area contributed by atoms with Gasteiger partial charge in [0, 0.05) is 16.8 Å². The van der Waals surface area contributed by atoms with Gasteiger partial charge < -0.3 is 19.2 Å². The van der Waals surface area contributed by atoms with Crippen LogP contribution in [-0.4, -0.2) is 20.1 Å². The zero-order valence-corrected chi connectivity index (χ0v) is 15.4. The molecule has 3 aromatic carbocycles. The minimum Gasteiger partial charge on any atom is -0.495 e. The first kappa shape index (κ1) is 17.9. The first-order valence-electron chi connectivity index (χ1n) is 8.70. The Morgan fingerprint density at radius 1 is 0.964 bits per heavy atom. The van der Waals surface area contributed by atoms with Gasteiger partial charge in [0.1, 0.15) is 16.9 Å². The van der Waals surface area contributed by atoms with Gasteiger partial charge in [-0.3, -0.25) is 4.79 Å². The number of fused-ring (bicyclic) bond motifs is 3. The Hall–Kier alpha value is -3.54. The molecule has 1 amide bonds. The second kappa shape index (κ2) is 7.23. The fourth-order valence-corrected chi connectivity index (χ4v) is 3.22. The third-order valence-electron chi connectivity index (χ3n) is 4.55. The number of ether oxygens (including phenoxy) is 2. The molecule has 0 fully saturated rings. The van der Waals surface area contributed by atoms with E-state index in [2.05, 4.69) is 5.32 Å². The van der Waals surface area contributed by atoms with Crippen molar-refractivity contribution in [2.45, 2.75) is 6.42 Å². The number of methoxy groups -OCH3 is 2. The maximum absolute atomic E-state index is 13.8. The van der Waals surface area contributed by atoms with Gasteiger partial charge >= 0.3 is 0 Å². The summed E-state index contributed by atoms with van der Waals surface area (Å²) >= 11 is 0. The van der Waals surface area contributed by atoms with E-state index < -0.39 is 5.82 Å². The number of halogens is 1. The van der Waals surface area contributed by atoms with E-state index in [1.54, 1.807) is 12.1 Å². The van der Waals surface area contributed by atoms with E-state index in [0.717, 1.165) is 16.4 Å². The van der Waals surface area contributed by atoms with Gasteiger partial charge in [-0.1, -0.05) is 24.3 Å². The van der Waals surface area contributed by atoms with Gasteiger partial charge in [-0.2, -0.15) is 0 Å². The smallest absolute Gasteiger partial charge is 0.228 e. The zero-order valence-electron chi connectivity index (χ0n) is 15.4. The molecule has 0 unspecified atom stereocenters. The van der Waals surface area contributed by atoms with Gasteiger partial charge in [-0.25, -0.2) is 4.39 Å². The van der Waals surface area contributed by atoms with Gasteiger partial charge in [0.15, 0.2) is 11.6 Å². The average molecular weight is 379 g/mol. The second-order valence-corrected chi connectivity index (χ2v) is 6.34. The number of hydrogen-bond donors (Lipinski definition) is 1. The lowest BCUT2D eigenvalue weighted by atomic mass is 10.1. The third-order valence-corrected chi connectivity index (χ3v) is 4.55. The van der Waals surface area contributed by atoms with Gasteiger partial charge in [-0.05, 0) is 29.8 Å². The largest absolute Gasteiger partial charge is 0.495 e. The molecule has 1 heterocycles. The van der Waals surface area contributed by atoms with Crippen LogP contribution in [0, 0.1) is 5.82 Å². The Morgan fingerprint density at radius 3 is 2.50 bits per heavy atom. The number of furan rings is 1. The van der Waals surface area contributed by atoms with Crippen LogP contribution < -0.4 is 14.8 Å². The van der Waals surface area contributed by atoms with Crippen LogP contribution in [0.2, 0.25) is 0 Å². The maximum Gasteiger partial charge on any atom is 0.228 e. The fraction of sp³-hybridized carbons (Fsp3) is 0.136. The summed E-state index contributed by atoms with van der Waals surface area (Å²) in [6.07, 6.45) is 0.0161. The Kier molecular flexibility index (Phi) is 4.61. The molecular weight excluding hydrogens is 361 g/mol. The summed E-state index contributed by atoms with van der Waals surface area (Å²) in [6.45, 7) is 0. The van der Waals surface area contributed by atoms with Crippen LogP contribution in [0.4, 0.5) is 10.1 Å². The van der Waals surface area contributed by atoms with Crippen molar-refractivity contribution in [3.8, 4) is 11.5 Å². The SMILES string of the molecule is COc1ccc(CC(=O)Nc2cc3oc4ccccc4c3cc2OC)cc1F. The monoisotopic (exact) mass is 379 g/mol. The third kappa shape index (κ3) is 3.24. The molecule has 0 aliphatic rings. The lowest BCUT2D eigenvalue weighted by Gasteiger charge is -2.11. The van der Waals surface area contributed by atoms with Gasteiger partial charge in [-0.15, -0.1) is 0 Å². The Labute approximate surface area is 160 Å². The van der Waals surface area contributed by atoms with Crippen molar-refractivity contribution in [3.63, 3.8) is 0 Å². The molecule has 0 aliphatic carbocycles. The highest BCUT2D eigenvalue weighted by atomic mass is 19.1. The van der Waals surface area contributed by atoms with Crippen molar-refractivity contribution in [1.82, 2.24) is 0 Å². The molecule has 28 heavy (non-hydrogen) atoms. The van der Waals surface area contributed by atoms with Crippen LogP contribution in [0.5, 0.6) is 11.5 Å². The molecule has 0 atom stereocenters. The highest BCUT2D eigenvalue weighted by molar-refractivity contribution is 6.07. The lowest BCUT2D eigenvalue weighted by molar-refractivity contribution is -0.115. The van der Waals surface area contributed by atoms with Crippen LogP contribution >= 0.6 is 0 Å². The molecule has 0 saturated heterocycles. The molecule has 4 rings (SSSR count). The predicted molar refractivity (Wildman–Crippen MR) is 106 cm³/mol. The number of nitrogens with one attached hydrogen (secondary N) is 1. The van der Waals surface area contributed by atoms with E-state index in [4.69, 9.17) is 13.9 Å². The molecule has 142 valence electrons. The molecule has 0 bridgehead atoms. The Balaban J connectivity index is 1.62. The first-order valence-corrected chi connectivity index (χ1v) is 8.70. The molecule has 0 aliphatic heterocycles. The number of carbonyl (C=O) groups is 1. The molecule has 0 spiro atoms. The molecule has 0 saturated carbocycles. The van der Waals surface area contributed by atoms with E-state index in [1.807, 2.05) is 30.3 Å². The van der Waals surface area contributed by atoms with E-state index in [9.17, 15) is 9.18 Å². The van der Waals surface area contributed by atoms with E-state index in [1.165, 1.54) is 26.4 Å². The van der Waals surface area contributed by atoms with Crippen LogP contribution in [-0.2, 0) is 11.2 Å². The number of benzene rings is 3. The summed E-state index contributed by atoms with van der Waals surface area (Å²) < 4.78 is 30.0. The molecule has 1 aromatic heterocycles. The van der Waals surface area contributed by atoms with E-state index in [0.29, 0.717) is 22.6 Å². The fourth-order valence-electron chi connectivity index (χ4n) is 3.22. The molecule has 4 aromatic rings. The zero-order chi connectivity index (χ0) is 19.7. The van der Waals surface area contributed by atoms with Crippen LogP contribution in [0.15, 0.2) is 59.0 Å². The highest BCUT2D eigenvalue weighted by Crippen LogP contribution is 2.36.